The minimum atomic E-state index is -0.878. The molecular formula is C21H36N4O5. The predicted octanol–water partition coefficient (Wildman–Crippen LogP) is 3.16. The Balaban J connectivity index is 2.78. The SMILES string of the molecule is CCCCNC(=O)OC(C)N(CC(O)c1ccncc1)C(C)OC(=O)NCCCC. The average Bonchev–Trinajstić information content (AvgIpc) is 2.72. The Morgan fingerprint density at radius 3 is 1.90 bits per heavy atom. The van der Waals surface area contributed by atoms with Crippen LogP contribution in [-0.4, -0.2) is 59.3 Å². The Bertz CT molecular complexity index is 587. The van der Waals surface area contributed by atoms with Crippen LogP contribution in [0.25, 0.3) is 0 Å². The highest BCUT2D eigenvalue weighted by atomic mass is 16.6. The number of carbonyl (C=O) groups is 2. The molecule has 1 aromatic heterocycles. The highest BCUT2D eigenvalue weighted by Crippen LogP contribution is 2.18. The number of amides is 2. The van der Waals surface area contributed by atoms with Gasteiger partial charge in [-0.05, 0) is 44.4 Å². The number of nitrogens with zero attached hydrogens (tertiary/aromatic N) is 2. The van der Waals surface area contributed by atoms with Crippen LogP contribution in [0.5, 0.6) is 0 Å². The van der Waals surface area contributed by atoms with Gasteiger partial charge in [0.05, 0.1) is 6.10 Å². The molecule has 30 heavy (non-hydrogen) atoms. The normalized spacial score (nSPS) is 13.9. The number of nitrogens with one attached hydrogen (secondary N) is 2. The van der Waals surface area contributed by atoms with E-state index < -0.39 is 30.7 Å². The summed E-state index contributed by atoms with van der Waals surface area (Å²) in [6.45, 7) is 8.55. The van der Waals surface area contributed by atoms with Gasteiger partial charge in [-0.1, -0.05) is 26.7 Å². The van der Waals surface area contributed by atoms with Gasteiger partial charge in [0.1, 0.15) is 0 Å². The van der Waals surface area contributed by atoms with Gasteiger partial charge in [0.25, 0.3) is 0 Å². The van der Waals surface area contributed by atoms with Gasteiger partial charge in [-0.15, -0.1) is 0 Å². The first kappa shape index (κ1) is 25.6. The maximum Gasteiger partial charge on any atom is 0.408 e. The maximum atomic E-state index is 12.1. The summed E-state index contributed by atoms with van der Waals surface area (Å²) in [5, 5.41) is 16.0. The predicted molar refractivity (Wildman–Crippen MR) is 114 cm³/mol. The summed E-state index contributed by atoms with van der Waals surface area (Å²) in [5.41, 5.74) is 0.661. The number of ether oxygens (including phenoxy) is 2. The van der Waals surface area contributed by atoms with Crippen LogP contribution >= 0.6 is 0 Å². The van der Waals surface area contributed by atoms with Gasteiger partial charge in [-0.25, -0.2) is 14.5 Å². The van der Waals surface area contributed by atoms with E-state index in [9.17, 15) is 14.7 Å². The fraction of sp³-hybridized carbons (Fsp3) is 0.667. The van der Waals surface area contributed by atoms with E-state index in [2.05, 4.69) is 15.6 Å². The summed E-state index contributed by atoms with van der Waals surface area (Å²) in [7, 11) is 0. The van der Waals surface area contributed by atoms with Gasteiger partial charge < -0.3 is 25.2 Å². The molecule has 3 unspecified atom stereocenters. The Labute approximate surface area is 179 Å². The van der Waals surface area contributed by atoms with Gasteiger partial charge in [-0.2, -0.15) is 0 Å². The van der Waals surface area contributed by atoms with Gasteiger partial charge in [0.2, 0.25) is 0 Å². The van der Waals surface area contributed by atoms with Crippen molar-refractivity contribution in [1.29, 1.82) is 0 Å². The van der Waals surface area contributed by atoms with Crippen LogP contribution < -0.4 is 10.6 Å². The molecule has 0 fully saturated rings. The monoisotopic (exact) mass is 424 g/mol. The highest BCUT2D eigenvalue weighted by Gasteiger charge is 2.28. The Kier molecular flexibility index (Phi) is 12.5. The van der Waals surface area contributed by atoms with E-state index in [0.717, 1.165) is 25.7 Å². The number of hydrogen-bond acceptors (Lipinski definition) is 7. The summed E-state index contributed by atoms with van der Waals surface area (Å²) >= 11 is 0. The van der Waals surface area contributed by atoms with E-state index in [-0.39, 0.29) is 6.54 Å². The van der Waals surface area contributed by atoms with E-state index in [1.165, 1.54) is 0 Å². The lowest BCUT2D eigenvalue weighted by molar-refractivity contribution is -0.106. The van der Waals surface area contributed by atoms with Crippen molar-refractivity contribution >= 4 is 12.2 Å². The molecule has 0 aliphatic heterocycles. The van der Waals surface area contributed by atoms with E-state index in [1.807, 2.05) is 13.8 Å². The van der Waals surface area contributed by atoms with Crippen LogP contribution in [0.1, 0.15) is 65.0 Å². The third-order valence-electron chi connectivity index (χ3n) is 4.56. The van der Waals surface area contributed by atoms with E-state index >= 15 is 0 Å². The Morgan fingerprint density at radius 2 is 1.47 bits per heavy atom. The van der Waals surface area contributed by atoms with E-state index in [0.29, 0.717) is 18.7 Å². The topological polar surface area (TPSA) is 113 Å². The summed E-state index contributed by atoms with van der Waals surface area (Å²) in [4.78, 5) is 29.7. The summed E-state index contributed by atoms with van der Waals surface area (Å²) < 4.78 is 10.9. The minimum absolute atomic E-state index is 0.0941. The number of aromatic nitrogens is 1. The molecule has 0 aromatic carbocycles. The molecule has 1 heterocycles. The Hall–Kier alpha value is -2.39. The van der Waals surface area contributed by atoms with Crippen molar-refractivity contribution in [1.82, 2.24) is 20.5 Å². The third-order valence-corrected chi connectivity index (χ3v) is 4.56. The first-order chi connectivity index (χ1) is 14.4. The molecule has 0 bridgehead atoms. The molecule has 3 N–H and O–H groups in total. The zero-order valence-electron chi connectivity index (χ0n) is 18.5. The summed E-state index contributed by atoms with van der Waals surface area (Å²) in [6.07, 6.45) is 3.33. The lowest BCUT2D eigenvalue weighted by atomic mass is 10.1. The molecule has 0 aliphatic carbocycles. The molecular weight excluding hydrogens is 388 g/mol. The largest absolute Gasteiger partial charge is 0.430 e. The van der Waals surface area contributed by atoms with E-state index in [4.69, 9.17) is 9.47 Å². The third kappa shape index (κ3) is 9.89. The number of aliphatic hydroxyl groups is 1. The fourth-order valence-electron chi connectivity index (χ4n) is 2.75. The second-order valence-electron chi connectivity index (χ2n) is 7.06. The number of alkyl carbamates (subject to hydrolysis) is 2. The van der Waals surface area contributed by atoms with Crippen molar-refractivity contribution in [2.24, 2.45) is 0 Å². The smallest absolute Gasteiger partial charge is 0.408 e. The number of carbonyl (C=O) groups excluding carboxylic acids is 2. The number of rotatable bonds is 13. The molecule has 3 atom stereocenters. The second kappa shape index (κ2) is 14.6. The first-order valence-electron chi connectivity index (χ1n) is 10.6. The molecule has 9 nitrogen and oxygen atoms in total. The number of unbranched alkanes of at least 4 members (excludes halogenated alkanes) is 2. The zero-order chi connectivity index (χ0) is 22.4. The molecule has 0 aliphatic rings. The molecule has 0 radical (unpaired) electrons. The maximum absolute atomic E-state index is 12.1. The molecule has 1 rings (SSSR count). The van der Waals surface area contributed by atoms with Crippen molar-refractivity contribution in [2.45, 2.75) is 71.9 Å². The zero-order valence-corrected chi connectivity index (χ0v) is 18.5. The highest BCUT2D eigenvalue weighted by molar-refractivity contribution is 5.67. The van der Waals surface area contributed by atoms with E-state index in [1.54, 1.807) is 43.3 Å². The molecule has 0 saturated heterocycles. The van der Waals surface area contributed by atoms with Crippen LogP contribution in [-0.2, 0) is 9.47 Å². The lowest BCUT2D eigenvalue weighted by Gasteiger charge is -2.34. The Morgan fingerprint density at radius 1 is 1.00 bits per heavy atom. The van der Waals surface area contributed by atoms with Gasteiger partial charge in [0, 0.05) is 32.0 Å². The average molecular weight is 425 g/mol. The number of hydrogen-bond donors (Lipinski definition) is 3. The molecule has 0 spiro atoms. The van der Waals surface area contributed by atoms with Crippen LogP contribution in [0, 0.1) is 0 Å². The standard InChI is InChI=1S/C21H36N4O5/c1-5-7-11-23-20(27)29-16(3)25(15-19(26)18-9-13-22-14-10-18)17(4)30-21(28)24-12-8-6-2/h9-10,13-14,16-17,19,26H,5-8,11-12,15H2,1-4H3,(H,23,27)(H,24,28). The molecule has 9 heteroatoms. The van der Waals surface area contributed by atoms with Crippen LogP contribution in [0.2, 0.25) is 0 Å². The van der Waals surface area contributed by atoms with Gasteiger partial charge >= 0.3 is 12.2 Å². The summed E-state index contributed by atoms with van der Waals surface area (Å²) in [5.74, 6) is 0. The minimum Gasteiger partial charge on any atom is -0.430 e. The first-order valence-corrected chi connectivity index (χ1v) is 10.6. The molecule has 170 valence electrons. The molecule has 0 saturated carbocycles. The van der Waals surface area contributed by atoms with Crippen LogP contribution in [0.3, 0.4) is 0 Å². The second-order valence-corrected chi connectivity index (χ2v) is 7.06. The fourth-order valence-corrected chi connectivity index (χ4v) is 2.75. The lowest BCUT2D eigenvalue weighted by Crippen LogP contribution is -2.48. The van der Waals surface area contributed by atoms with Crippen molar-refractivity contribution in [3.8, 4) is 0 Å². The molecule has 2 amide bonds. The van der Waals surface area contributed by atoms with Crippen molar-refractivity contribution in [3.63, 3.8) is 0 Å². The van der Waals surface area contributed by atoms with Crippen LogP contribution in [0.15, 0.2) is 24.5 Å². The number of aliphatic hydroxyl groups excluding tert-OH is 1. The molecule has 1 aromatic rings. The van der Waals surface area contributed by atoms with Crippen molar-refractivity contribution in [2.75, 3.05) is 19.6 Å². The summed E-state index contributed by atoms with van der Waals surface area (Å²) in [6, 6.07) is 3.41. The van der Waals surface area contributed by atoms with Gasteiger partial charge in [0.15, 0.2) is 12.5 Å². The van der Waals surface area contributed by atoms with Crippen molar-refractivity contribution < 1.29 is 24.2 Å². The quantitative estimate of drug-likeness (QED) is 0.329. The number of pyridine rings is 1. The van der Waals surface area contributed by atoms with Gasteiger partial charge in [-0.3, -0.25) is 4.98 Å². The van der Waals surface area contributed by atoms with Crippen molar-refractivity contribution in [3.05, 3.63) is 30.1 Å². The van der Waals surface area contributed by atoms with Crippen LogP contribution in [0.4, 0.5) is 9.59 Å².